The lowest BCUT2D eigenvalue weighted by Crippen LogP contribution is -2.36. The quantitative estimate of drug-likeness (QED) is 0.566. The molecule has 8 nitrogen and oxygen atoms in total. The first-order valence-corrected chi connectivity index (χ1v) is 12.8. The Balaban J connectivity index is 1.24. The molecule has 0 unspecified atom stereocenters. The van der Waals surface area contributed by atoms with Gasteiger partial charge in [-0.05, 0) is 74.3 Å². The fraction of sp³-hybridized carbons (Fsp3) is 0.393. The second-order valence-corrected chi connectivity index (χ2v) is 9.50. The number of ether oxygens (including phenoxy) is 2. The minimum absolute atomic E-state index is 0.0579. The van der Waals surface area contributed by atoms with Crippen molar-refractivity contribution in [2.75, 3.05) is 44.3 Å². The van der Waals surface area contributed by atoms with Crippen LogP contribution in [0.15, 0.2) is 60.0 Å². The van der Waals surface area contributed by atoms with Crippen LogP contribution in [-0.2, 0) is 9.47 Å². The van der Waals surface area contributed by atoms with Gasteiger partial charge in [0.25, 0.3) is 0 Å². The number of hydrogen-bond acceptors (Lipinski definition) is 7. The van der Waals surface area contributed by atoms with Crippen LogP contribution in [0.3, 0.4) is 0 Å². The van der Waals surface area contributed by atoms with Gasteiger partial charge in [-0.3, -0.25) is 0 Å². The Morgan fingerprint density at radius 3 is 2.67 bits per heavy atom. The van der Waals surface area contributed by atoms with E-state index in [-0.39, 0.29) is 12.0 Å². The van der Waals surface area contributed by atoms with E-state index in [0.29, 0.717) is 11.2 Å². The summed E-state index contributed by atoms with van der Waals surface area (Å²) in [5.74, 6) is 1.57. The lowest BCUT2D eigenvalue weighted by atomic mass is 9.89. The number of hydrogen-bond donors (Lipinski definition) is 2. The highest BCUT2D eigenvalue weighted by Crippen LogP contribution is 2.35. The maximum Gasteiger partial charge on any atom is 0.178 e. The second kappa shape index (κ2) is 10.1. The Morgan fingerprint density at radius 2 is 1.89 bits per heavy atom. The monoisotopic (exact) mass is 482 g/mol. The smallest absolute Gasteiger partial charge is 0.178 e. The van der Waals surface area contributed by atoms with Crippen LogP contribution in [0.1, 0.15) is 30.7 Å². The molecule has 0 radical (unpaired) electrons. The van der Waals surface area contributed by atoms with Crippen molar-refractivity contribution in [3.63, 3.8) is 0 Å². The Kier molecular flexibility index (Phi) is 6.41. The molecule has 0 bridgehead atoms. The number of aromatic amines is 1. The van der Waals surface area contributed by atoms with Crippen LogP contribution in [0.2, 0.25) is 0 Å². The number of fused-ring (bicyclic) bond motifs is 1. The molecular formula is C28H30N6O2. The summed E-state index contributed by atoms with van der Waals surface area (Å²) in [6, 6.07) is 12.9. The number of benzene rings is 1. The van der Waals surface area contributed by atoms with Crippen LogP contribution < -0.4 is 10.2 Å². The molecule has 2 fully saturated rings. The average Bonchev–Trinajstić information content (AvgIpc) is 3.39. The number of morpholine rings is 1. The summed E-state index contributed by atoms with van der Waals surface area (Å²) >= 11 is 0. The number of piperidine rings is 1. The van der Waals surface area contributed by atoms with E-state index < -0.39 is 0 Å². The van der Waals surface area contributed by atoms with E-state index in [4.69, 9.17) is 14.5 Å². The predicted octanol–water partition coefficient (Wildman–Crippen LogP) is 4.05. The molecule has 8 heteroatoms. The molecule has 1 aromatic carbocycles. The Morgan fingerprint density at radius 1 is 1.08 bits per heavy atom. The van der Waals surface area contributed by atoms with E-state index in [2.05, 4.69) is 56.6 Å². The molecule has 2 N–H and O–H groups in total. The van der Waals surface area contributed by atoms with E-state index in [9.17, 15) is 5.26 Å². The maximum absolute atomic E-state index is 9.84. The molecular weight excluding hydrogens is 452 g/mol. The Labute approximate surface area is 210 Å². The van der Waals surface area contributed by atoms with Gasteiger partial charge in [0, 0.05) is 36.5 Å². The zero-order valence-corrected chi connectivity index (χ0v) is 20.2. The van der Waals surface area contributed by atoms with Gasteiger partial charge < -0.3 is 24.7 Å². The van der Waals surface area contributed by atoms with E-state index in [1.165, 1.54) is 5.69 Å². The van der Waals surface area contributed by atoms with Crippen molar-refractivity contribution in [1.29, 1.82) is 5.26 Å². The maximum atomic E-state index is 9.84. The molecule has 0 spiro atoms. The third-order valence-corrected chi connectivity index (χ3v) is 7.23. The number of rotatable bonds is 5. The molecule has 36 heavy (non-hydrogen) atoms. The van der Waals surface area contributed by atoms with Gasteiger partial charge in [-0.1, -0.05) is 6.08 Å². The summed E-state index contributed by atoms with van der Waals surface area (Å²) < 4.78 is 11.7. The van der Waals surface area contributed by atoms with Crippen LogP contribution >= 0.6 is 0 Å². The number of imidazole rings is 1. The zero-order chi connectivity index (χ0) is 24.3. The van der Waals surface area contributed by atoms with Crippen LogP contribution in [0, 0.1) is 11.3 Å². The first kappa shape index (κ1) is 22.8. The molecule has 2 aromatic heterocycles. The van der Waals surface area contributed by atoms with Crippen molar-refractivity contribution in [3.8, 4) is 17.5 Å². The predicted molar refractivity (Wildman–Crippen MR) is 138 cm³/mol. The zero-order valence-electron chi connectivity index (χ0n) is 20.2. The molecule has 184 valence electrons. The third-order valence-electron chi connectivity index (χ3n) is 7.23. The Hall–Kier alpha value is -3.67. The number of anilines is 1. The van der Waals surface area contributed by atoms with E-state index in [1.807, 2.05) is 12.1 Å². The van der Waals surface area contributed by atoms with Gasteiger partial charge in [0.15, 0.2) is 5.65 Å². The van der Waals surface area contributed by atoms with E-state index in [0.717, 1.165) is 86.9 Å². The molecule has 1 aliphatic carbocycles. The number of nitriles is 1. The summed E-state index contributed by atoms with van der Waals surface area (Å²) in [7, 11) is 0. The van der Waals surface area contributed by atoms with Gasteiger partial charge in [-0.2, -0.15) is 5.26 Å². The van der Waals surface area contributed by atoms with E-state index >= 15 is 0 Å². The fourth-order valence-corrected chi connectivity index (χ4v) is 5.24. The SMILES string of the molecule is N#CC1=C[C@H](c2ccnc3nc(-c4ccc(N5CCOCC5)cc4)[nH]c23)CC=C1OC1CCNCC1. The third kappa shape index (κ3) is 4.60. The van der Waals surface area contributed by atoms with Crippen molar-refractivity contribution in [2.45, 2.75) is 31.3 Å². The molecule has 4 heterocycles. The second-order valence-electron chi connectivity index (χ2n) is 9.50. The van der Waals surface area contributed by atoms with Crippen molar-refractivity contribution >= 4 is 16.9 Å². The van der Waals surface area contributed by atoms with Gasteiger partial charge >= 0.3 is 0 Å². The highest BCUT2D eigenvalue weighted by molar-refractivity contribution is 5.80. The molecule has 3 aliphatic rings. The number of H-pyrrole nitrogens is 1. The first-order valence-electron chi connectivity index (χ1n) is 12.8. The lowest BCUT2D eigenvalue weighted by Gasteiger charge is -2.28. The van der Waals surface area contributed by atoms with Crippen molar-refractivity contribution in [2.24, 2.45) is 0 Å². The molecule has 2 saturated heterocycles. The average molecular weight is 483 g/mol. The minimum Gasteiger partial charge on any atom is -0.489 e. The van der Waals surface area contributed by atoms with Crippen LogP contribution in [0.5, 0.6) is 0 Å². The van der Waals surface area contributed by atoms with Crippen LogP contribution in [0.4, 0.5) is 5.69 Å². The fourth-order valence-electron chi connectivity index (χ4n) is 5.24. The highest BCUT2D eigenvalue weighted by Gasteiger charge is 2.24. The number of nitrogens with one attached hydrogen (secondary N) is 2. The molecule has 3 aromatic rings. The molecule has 1 atom stereocenters. The normalized spacial score (nSPS) is 21.1. The number of aromatic nitrogens is 3. The molecule has 0 amide bonds. The van der Waals surface area contributed by atoms with Crippen LogP contribution in [0.25, 0.3) is 22.6 Å². The highest BCUT2D eigenvalue weighted by atomic mass is 16.5. The summed E-state index contributed by atoms with van der Waals surface area (Å²) in [5.41, 5.74) is 5.52. The summed E-state index contributed by atoms with van der Waals surface area (Å²) in [6.45, 7) is 5.28. The van der Waals surface area contributed by atoms with Gasteiger partial charge in [0.2, 0.25) is 0 Å². The van der Waals surface area contributed by atoms with Crippen molar-refractivity contribution in [3.05, 3.63) is 65.6 Å². The van der Waals surface area contributed by atoms with Crippen molar-refractivity contribution < 1.29 is 9.47 Å². The lowest BCUT2D eigenvalue weighted by molar-refractivity contribution is 0.0928. The van der Waals surface area contributed by atoms with Crippen molar-refractivity contribution in [1.82, 2.24) is 20.3 Å². The summed E-state index contributed by atoms with van der Waals surface area (Å²) in [5, 5.41) is 13.2. The summed E-state index contributed by atoms with van der Waals surface area (Å²) in [4.78, 5) is 15.1. The topological polar surface area (TPSA) is 99.1 Å². The van der Waals surface area contributed by atoms with Gasteiger partial charge in [-0.25, -0.2) is 9.97 Å². The first-order chi connectivity index (χ1) is 17.8. The van der Waals surface area contributed by atoms with Gasteiger partial charge in [-0.15, -0.1) is 0 Å². The van der Waals surface area contributed by atoms with Gasteiger partial charge in [0.05, 0.1) is 24.3 Å². The Bertz CT molecular complexity index is 1320. The summed E-state index contributed by atoms with van der Waals surface area (Å²) in [6.07, 6.45) is 8.77. The minimum atomic E-state index is 0.0579. The number of nitrogens with zero attached hydrogens (tertiary/aromatic N) is 4. The van der Waals surface area contributed by atoms with Gasteiger partial charge in [0.1, 0.15) is 23.8 Å². The number of pyridine rings is 1. The largest absolute Gasteiger partial charge is 0.489 e. The standard InChI is InChI=1S/C28H30N6O2/c29-18-21-17-20(3-6-25(21)36-23-7-10-30-11-8-23)24-9-12-31-28-26(24)32-27(33-28)19-1-4-22(5-2-19)34-13-15-35-16-14-34/h1-2,4-6,9,12,17,20,23,30H,3,7-8,10-11,13-16H2,(H,31,32,33)/t20-/m1/s1. The molecule has 6 rings (SSSR count). The van der Waals surface area contributed by atoms with E-state index in [1.54, 1.807) is 6.20 Å². The number of allylic oxidation sites excluding steroid dienone is 3. The van der Waals surface area contributed by atoms with Crippen LogP contribution in [-0.4, -0.2) is 60.4 Å². The molecule has 2 aliphatic heterocycles. The molecule has 0 saturated carbocycles.